The minimum absolute atomic E-state index is 0.420. The van der Waals surface area contributed by atoms with Gasteiger partial charge in [-0.3, -0.25) is 0 Å². The van der Waals surface area contributed by atoms with Gasteiger partial charge in [0.25, 0.3) is 0 Å². The number of aromatic nitrogens is 2. The maximum atomic E-state index is 4.87. The van der Waals surface area contributed by atoms with E-state index in [-0.39, 0.29) is 0 Å². The van der Waals surface area contributed by atoms with Gasteiger partial charge in [-0.15, -0.1) is 0 Å². The molecular weight excluding hydrogens is 180 g/mol. The van der Waals surface area contributed by atoms with Gasteiger partial charge in [-0.2, -0.15) is 4.98 Å². The molecule has 1 rings (SSSR count). The molecule has 5 heteroatoms. The van der Waals surface area contributed by atoms with Gasteiger partial charge >= 0.3 is 0 Å². The summed E-state index contributed by atoms with van der Waals surface area (Å²) in [6.45, 7) is 5.58. The number of rotatable bonds is 5. The molecule has 0 saturated heterocycles. The van der Waals surface area contributed by atoms with Crippen LogP contribution in [0.25, 0.3) is 0 Å². The van der Waals surface area contributed by atoms with Crippen LogP contribution in [-0.2, 0) is 6.54 Å². The molecule has 1 aromatic rings. The maximum absolute atomic E-state index is 4.87. The molecule has 0 saturated carbocycles. The Balaban J connectivity index is 2.26. The smallest absolute Gasteiger partial charge is 0.223 e. The molecule has 0 aromatic carbocycles. The Hall–Kier alpha value is -0.940. The molecule has 0 bridgehead atoms. The van der Waals surface area contributed by atoms with Crippen molar-refractivity contribution in [3.63, 3.8) is 0 Å². The summed E-state index contributed by atoms with van der Waals surface area (Å²) < 4.78 is 4.87. The number of nitrogens with zero attached hydrogens (tertiary/aromatic N) is 3. The van der Waals surface area contributed by atoms with Crippen LogP contribution >= 0.6 is 0 Å². The molecule has 0 fully saturated rings. The van der Waals surface area contributed by atoms with Crippen molar-refractivity contribution in [2.75, 3.05) is 20.6 Å². The van der Waals surface area contributed by atoms with Crippen LogP contribution in [0.2, 0.25) is 0 Å². The fourth-order valence-corrected chi connectivity index (χ4v) is 1.29. The third-order valence-electron chi connectivity index (χ3n) is 1.82. The summed E-state index contributed by atoms with van der Waals surface area (Å²) in [5.74, 6) is 1.33. The molecule has 1 N–H and O–H groups in total. The summed E-state index contributed by atoms with van der Waals surface area (Å²) in [6.07, 6.45) is 0. The SMILES string of the molecule is Cc1nc(CNC(C)CN(C)C)no1. The highest BCUT2D eigenvalue weighted by atomic mass is 16.5. The zero-order valence-electron chi connectivity index (χ0n) is 9.24. The normalized spacial score (nSPS) is 13.5. The van der Waals surface area contributed by atoms with Crippen molar-refractivity contribution in [2.24, 2.45) is 0 Å². The van der Waals surface area contributed by atoms with Crippen molar-refractivity contribution in [3.8, 4) is 0 Å². The summed E-state index contributed by atoms with van der Waals surface area (Å²) in [4.78, 5) is 6.25. The van der Waals surface area contributed by atoms with Crippen molar-refractivity contribution in [1.29, 1.82) is 0 Å². The quantitative estimate of drug-likeness (QED) is 0.743. The number of hydrogen-bond acceptors (Lipinski definition) is 5. The van der Waals surface area contributed by atoms with E-state index in [0.29, 0.717) is 24.3 Å². The summed E-state index contributed by atoms with van der Waals surface area (Å²) in [5.41, 5.74) is 0. The molecule has 80 valence electrons. The summed E-state index contributed by atoms with van der Waals surface area (Å²) in [5, 5.41) is 7.12. The van der Waals surface area contributed by atoms with Crippen LogP contribution in [0.5, 0.6) is 0 Å². The fraction of sp³-hybridized carbons (Fsp3) is 0.778. The Morgan fingerprint density at radius 1 is 1.50 bits per heavy atom. The predicted molar refractivity (Wildman–Crippen MR) is 53.9 cm³/mol. The Morgan fingerprint density at radius 3 is 2.71 bits per heavy atom. The van der Waals surface area contributed by atoms with Gasteiger partial charge < -0.3 is 14.7 Å². The third-order valence-corrected chi connectivity index (χ3v) is 1.82. The van der Waals surface area contributed by atoms with E-state index in [1.807, 2.05) is 0 Å². The minimum Gasteiger partial charge on any atom is -0.340 e. The van der Waals surface area contributed by atoms with E-state index >= 15 is 0 Å². The first kappa shape index (κ1) is 11.1. The summed E-state index contributed by atoms with van der Waals surface area (Å²) in [6, 6.07) is 0.420. The Labute approximate surface area is 84.5 Å². The van der Waals surface area contributed by atoms with Crippen LogP contribution < -0.4 is 5.32 Å². The van der Waals surface area contributed by atoms with Crippen LogP contribution in [0.15, 0.2) is 4.52 Å². The first-order valence-corrected chi connectivity index (χ1v) is 4.75. The van der Waals surface area contributed by atoms with E-state index in [0.717, 1.165) is 6.54 Å². The molecule has 0 spiro atoms. The molecule has 0 aliphatic carbocycles. The topological polar surface area (TPSA) is 54.2 Å². The highest BCUT2D eigenvalue weighted by molar-refractivity contribution is 4.83. The molecule has 14 heavy (non-hydrogen) atoms. The van der Waals surface area contributed by atoms with Gasteiger partial charge in [-0.25, -0.2) is 0 Å². The van der Waals surface area contributed by atoms with E-state index in [2.05, 4.69) is 41.4 Å². The van der Waals surface area contributed by atoms with Gasteiger partial charge in [0.15, 0.2) is 5.82 Å². The average Bonchev–Trinajstić information content (AvgIpc) is 2.47. The number of nitrogens with one attached hydrogen (secondary N) is 1. The second kappa shape index (κ2) is 5.07. The lowest BCUT2D eigenvalue weighted by Gasteiger charge is -2.17. The minimum atomic E-state index is 0.420. The van der Waals surface area contributed by atoms with Crippen LogP contribution in [0.3, 0.4) is 0 Å². The van der Waals surface area contributed by atoms with Crippen molar-refractivity contribution in [1.82, 2.24) is 20.4 Å². The van der Waals surface area contributed by atoms with Gasteiger partial charge in [0.2, 0.25) is 5.89 Å². The van der Waals surface area contributed by atoms with Crippen LogP contribution in [-0.4, -0.2) is 41.7 Å². The number of aryl methyl sites for hydroxylation is 1. The maximum Gasteiger partial charge on any atom is 0.223 e. The molecule has 1 atom stereocenters. The average molecular weight is 198 g/mol. The standard InChI is InChI=1S/C9H18N4O/c1-7(6-13(3)4)10-5-9-11-8(2)14-12-9/h7,10H,5-6H2,1-4H3. The van der Waals surface area contributed by atoms with Crippen LogP contribution in [0.1, 0.15) is 18.6 Å². The Morgan fingerprint density at radius 2 is 2.21 bits per heavy atom. The van der Waals surface area contributed by atoms with Crippen LogP contribution in [0.4, 0.5) is 0 Å². The highest BCUT2D eigenvalue weighted by Gasteiger charge is 2.05. The number of hydrogen-bond donors (Lipinski definition) is 1. The zero-order chi connectivity index (χ0) is 10.6. The lowest BCUT2D eigenvalue weighted by molar-refractivity contribution is 0.343. The monoisotopic (exact) mass is 198 g/mol. The second-order valence-corrected chi connectivity index (χ2v) is 3.77. The molecular formula is C9H18N4O. The first-order valence-electron chi connectivity index (χ1n) is 4.75. The lowest BCUT2D eigenvalue weighted by atomic mass is 10.3. The number of likely N-dealkylation sites (N-methyl/N-ethyl adjacent to an activating group) is 1. The van der Waals surface area contributed by atoms with E-state index in [9.17, 15) is 0 Å². The second-order valence-electron chi connectivity index (χ2n) is 3.77. The van der Waals surface area contributed by atoms with Crippen molar-refractivity contribution < 1.29 is 4.52 Å². The summed E-state index contributed by atoms with van der Waals surface area (Å²) in [7, 11) is 4.10. The van der Waals surface area contributed by atoms with Gasteiger partial charge in [0.05, 0.1) is 6.54 Å². The predicted octanol–water partition coefficient (Wildman–Crippen LogP) is 0.418. The van der Waals surface area contributed by atoms with E-state index in [1.54, 1.807) is 6.92 Å². The molecule has 0 radical (unpaired) electrons. The molecule has 0 aliphatic rings. The molecule has 1 aromatic heterocycles. The molecule has 1 unspecified atom stereocenters. The van der Waals surface area contributed by atoms with Crippen molar-refractivity contribution in [2.45, 2.75) is 26.4 Å². The lowest BCUT2D eigenvalue weighted by Crippen LogP contribution is -2.35. The molecule has 1 heterocycles. The Bertz CT molecular complexity index is 272. The first-order chi connectivity index (χ1) is 6.58. The molecule has 5 nitrogen and oxygen atoms in total. The van der Waals surface area contributed by atoms with E-state index in [4.69, 9.17) is 4.52 Å². The molecule has 0 aliphatic heterocycles. The summed E-state index contributed by atoms with van der Waals surface area (Å²) >= 11 is 0. The van der Waals surface area contributed by atoms with Gasteiger partial charge in [-0.1, -0.05) is 5.16 Å². The van der Waals surface area contributed by atoms with Gasteiger partial charge in [0.1, 0.15) is 0 Å². The molecule has 0 amide bonds. The third kappa shape index (κ3) is 3.85. The van der Waals surface area contributed by atoms with Crippen LogP contribution in [0, 0.1) is 6.92 Å². The van der Waals surface area contributed by atoms with Crippen molar-refractivity contribution >= 4 is 0 Å². The van der Waals surface area contributed by atoms with Gasteiger partial charge in [0, 0.05) is 19.5 Å². The zero-order valence-corrected chi connectivity index (χ0v) is 9.24. The largest absolute Gasteiger partial charge is 0.340 e. The fourth-order valence-electron chi connectivity index (χ4n) is 1.29. The van der Waals surface area contributed by atoms with Gasteiger partial charge in [-0.05, 0) is 21.0 Å². The highest BCUT2D eigenvalue weighted by Crippen LogP contribution is 1.95. The van der Waals surface area contributed by atoms with E-state index in [1.165, 1.54) is 0 Å². The van der Waals surface area contributed by atoms with E-state index < -0.39 is 0 Å². The van der Waals surface area contributed by atoms with Crippen molar-refractivity contribution in [3.05, 3.63) is 11.7 Å². The Kier molecular flexibility index (Phi) is 4.03.